The summed E-state index contributed by atoms with van der Waals surface area (Å²) in [5.74, 6) is 2.09. The topological polar surface area (TPSA) is 122 Å². The fourth-order valence-corrected chi connectivity index (χ4v) is 5.24. The summed E-state index contributed by atoms with van der Waals surface area (Å²) in [7, 11) is -0.174. The highest BCUT2D eigenvalue weighted by Gasteiger charge is 2.30. The quantitative estimate of drug-likeness (QED) is 0.453. The Labute approximate surface area is 224 Å². The van der Waals surface area contributed by atoms with Gasteiger partial charge in [0.05, 0.1) is 6.20 Å². The number of hydrogen-bond acceptors (Lipinski definition) is 10. The summed E-state index contributed by atoms with van der Waals surface area (Å²) in [4.78, 5) is 18.2. The van der Waals surface area contributed by atoms with E-state index in [1.54, 1.807) is 30.7 Å². The van der Waals surface area contributed by atoms with E-state index in [4.69, 9.17) is 0 Å². The third-order valence-corrected chi connectivity index (χ3v) is 7.25. The molecule has 2 N–H and O–H groups in total. The van der Waals surface area contributed by atoms with Crippen LogP contribution in [0.4, 0.5) is 34.8 Å². The van der Waals surface area contributed by atoms with Crippen LogP contribution in [0.1, 0.15) is 35.4 Å². The molecule has 0 radical (unpaired) electrons. The number of aryl methyl sites for hydroxylation is 1. The van der Waals surface area contributed by atoms with E-state index in [1.807, 2.05) is 0 Å². The van der Waals surface area contributed by atoms with Gasteiger partial charge in [0.2, 0.25) is 5.95 Å². The van der Waals surface area contributed by atoms with Gasteiger partial charge in [-0.25, -0.2) is 14.2 Å². The predicted octanol–water partition coefficient (Wildman–Crippen LogP) is 4.53. The monoisotopic (exact) mass is 531 g/mol. The molecule has 11 heteroatoms. The van der Waals surface area contributed by atoms with E-state index in [0.29, 0.717) is 29.3 Å². The van der Waals surface area contributed by atoms with Crippen molar-refractivity contribution < 1.29 is 4.21 Å². The normalized spacial score (nSPS) is 16.1. The Morgan fingerprint density at radius 1 is 1.11 bits per heavy atom. The summed E-state index contributed by atoms with van der Waals surface area (Å²) >= 11 is 0. The van der Waals surface area contributed by atoms with Crippen LogP contribution >= 0.6 is 0 Å². The number of rotatable bonds is 7. The van der Waals surface area contributed by atoms with Crippen molar-refractivity contribution in [2.45, 2.75) is 25.7 Å². The molecule has 0 spiro atoms. The molecular weight excluding hydrogens is 498 g/mol. The van der Waals surface area contributed by atoms with E-state index in [9.17, 15) is 9.47 Å². The zero-order valence-corrected chi connectivity index (χ0v) is 23.0. The van der Waals surface area contributed by atoms with Crippen molar-refractivity contribution in [3.63, 3.8) is 0 Å². The predicted molar refractivity (Wildman–Crippen MR) is 152 cm³/mol. The standard InChI is InChI=1S/C27H33N9OS/c1-18-14-21(15-22(19-8-9-19)25(18)36-12-10-35(2)11-13-36)30-27-29-17-20(16-28)26(33-27)32-23-6-5-7-24(31-23)34-38(3,4)37/h5-7,14-15,17,19H,8-13H2,1-4H3,(H2,29,30,31,32,33). The molecule has 1 saturated heterocycles. The molecule has 0 atom stereocenters. The summed E-state index contributed by atoms with van der Waals surface area (Å²) in [6, 6.07) is 11.7. The lowest BCUT2D eigenvalue weighted by molar-refractivity contribution is 0.312. The van der Waals surface area contributed by atoms with Crippen molar-refractivity contribution in [1.29, 1.82) is 5.26 Å². The molecule has 0 bridgehead atoms. The van der Waals surface area contributed by atoms with Crippen molar-refractivity contribution >= 4 is 44.5 Å². The van der Waals surface area contributed by atoms with Gasteiger partial charge in [-0.15, -0.1) is 0 Å². The maximum absolute atomic E-state index is 12.1. The number of nitriles is 1. The van der Waals surface area contributed by atoms with E-state index >= 15 is 0 Å². The molecule has 10 nitrogen and oxygen atoms in total. The Kier molecular flexibility index (Phi) is 7.19. The molecule has 0 unspecified atom stereocenters. The van der Waals surface area contributed by atoms with Crippen LogP contribution in [0, 0.1) is 18.3 Å². The van der Waals surface area contributed by atoms with Gasteiger partial charge in [0.25, 0.3) is 0 Å². The minimum absolute atomic E-state index is 0.287. The molecule has 1 saturated carbocycles. The second kappa shape index (κ2) is 10.6. The van der Waals surface area contributed by atoms with Gasteiger partial charge in [-0.3, -0.25) is 0 Å². The molecule has 198 valence electrons. The second-order valence-electron chi connectivity index (χ2n) is 10.3. The van der Waals surface area contributed by atoms with Crippen LogP contribution in [0.2, 0.25) is 0 Å². The van der Waals surface area contributed by atoms with Crippen LogP contribution in [0.3, 0.4) is 0 Å². The van der Waals surface area contributed by atoms with Crippen LogP contribution in [-0.2, 0) is 9.73 Å². The highest BCUT2D eigenvalue weighted by molar-refractivity contribution is 7.92. The smallest absolute Gasteiger partial charge is 0.229 e. The lowest BCUT2D eigenvalue weighted by Crippen LogP contribution is -2.45. The van der Waals surface area contributed by atoms with Crippen molar-refractivity contribution in [2.24, 2.45) is 4.36 Å². The lowest BCUT2D eigenvalue weighted by atomic mass is 10.0. The third-order valence-electron chi connectivity index (χ3n) is 6.63. The Bertz CT molecular complexity index is 1500. The van der Waals surface area contributed by atoms with Gasteiger partial charge in [-0.05, 0) is 68.1 Å². The number of hydrogen-bond donors (Lipinski definition) is 2. The molecule has 5 rings (SSSR count). The Morgan fingerprint density at radius 2 is 1.87 bits per heavy atom. The maximum atomic E-state index is 12.1. The Hall–Kier alpha value is -3.75. The lowest BCUT2D eigenvalue weighted by Gasteiger charge is -2.36. The van der Waals surface area contributed by atoms with Crippen molar-refractivity contribution in [3.8, 4) is 6.07 Å². The number of likely N-dealkylation sites (N-methyl/N-ethyl adjacent to an activating group) is 1. The summed E-state index contributed by atoms with van der Waals surface area (Å²) in [5.41, 5.74) is 5.21. The molecule has 2 fully saturated rings. The molecule has 2 aromatic heterocycles. The van der Waals surface area contributed by atoms with E-state index in [1.165, 1.54) is 35.9 Å². The van der Waals surface area contributed by atoms with Gasteiger partial charge >= 0.3 is 0 Å². The van der Waals surface area contributed by atoms with E-state index in [-0.39, 0.29) is 5.56 Å². The molecule has 2 aliphatic rings. The Morgan fingerprint density at radius 3 is 2.55 bits per heavy atom. The molecule has 3 heterocycles. The SMILES string of the molecule is Cc1cc(Nc2ncc(C#N)c(Nc3cccc(N=S(C)(C)=O)n3)n2)cc(C2CC2)c1N1CCN(C)CC1. The van der Waals surface area contributed by atoms with Gasteiger partial charge in [-0.1, -0.05) is 6.07 Å². The molecule has 1 aliphatic heterocycles. The fourth-order valence-electron chi connectivity index (χ4n) is 4.69. The van der Waals surface area contributed by atoms with E-state index in [0.717, 1.165) is 31.9 Å². The second-order valence-corrected chi connectivity index (χ2v) is 12.8. The largest absolute Gasteiger partial charge is 0.369 e. The van der Waals surface area contributed by atoms with Crippen LogP contribution in [-0.4, -0.2) is 69.8 Å². The van der Waals surface area contributed by atoms with Gasteiger partial charge in [-0.2, -0.15) is 14.6 Å². The summed E-state index contributed by atoms with van der Waals surface area (Å²) < 4.78 is 16.2. The number of benzene rings is 1. The summed E-state index contributed by atoms with van der Waals surface area (Å²) in [5, 5.41) is 16.1. The van der Waals surface area contributed by atoms with E-state index < -0.39 is 9.73 Å². The average molecular weight is 532 g/mol. The van der Waals surface area contributed by atoms with Crippen molar-refractivity contribution in [3.05, 3.63) is 53.2 Å². The third kappa shape index (κ3) is 6.20. The first kappa shape index (κ1) is 25.9. The molecular formula is C27H33N9OS. The van der Waals surface area contributed by atoms with Gasteiger partial charge in [0.15, 0.2) is 11.6 Å². The molecule has 1 aliphatic carbocycles. The first-order valence-corrected chi connectivity index (χ1v) is 15.0. The van der Waals surface area contributed by atoms with Crippen LogP contribution in [0.25, 0.3) is 0 Å². The van der Waals surface area contributed by atoms with Gasteiger partial charge in [0.1, 0.15) is 17.5 Å². The van der Waals surface area contributed by atoms with E-state index in [2.05, 4.69) is 71.9 Å². The highest BCUT2D eigenvalue weighted by Crippen LogP contribution is 2.47. The first-order chi connectivity index (χ1) is 18.2. The number of aromatic nitrogens is 3. The zero-order chi connectivity index (χ0) is 26.9. The average Bonchev–Trinajstić information content (AvgIpc) is 3.70. The summed E-state index contributed by atoms with van der Waals surface area (Å²) in [6.07, 6.45) is 7.03. The number of pyridine rings is 1. The van der Waals surface area contributed by atoms with Crippen molar-refractivity contribution in [1.82, 2.24) is 19.9 Å². The minimum atomic E-state index is -2.35. The maximum Gasteiger partial charge on any atom is 0.229 e. The minimum Gasteiger partial charge on any atom is -0.369 e. The summed E-state index contributed by atoms with van der Waals surface area (Å²) in [6.45, 7) is 6.38. The van der Waals surface area contributed by atoms with Crippen LogP contribution < -0.4 is 15.5 Å². The molecule has 38 heavy (non-hydrogen) atoms. The van der Waals surface area contributed by atoms with Gasteiger partial charge in [0, 0.05) is 59.8 Å². The van der Waals surface area contributed by atoms with Crippen molar-refractivity contribution in [2.75, 3.05) is 61.3 Å². The first-order valence-electron chi connectivity index (χ1n) is 12.7. The molecule has 0 amide bonds. The molecule has 1 aromatic carbocycles. The van der Waals surface area contributed by atoms with Crippen LogP contribution in [0.5, 0.6) is 0 Å². The number of nitrogens with one attached hydrogen (secondary N) is 2. The number of anilines is 5. The Balaban J connectivity index is 1.41. The highest BCUT2D eigenvalue weighted by atomic mass is 32.2. The zero-order valence-electron chi connectivity index (χ0n) is 22.2. The number of piperazine rings is 1. The fraction of sp³-hybridized carbons (Fsp3) is 0.407. The van der Waals surface area contributed by atoms with Gasteiger partial charge < -0.3 is 20.4 Å². The van der Waals surface area contributed by atoms with Crippen LogP contribution in [0.15, 0.2) is 40.9 Å². The number of nitrogens with zero attached hydrogens (tertiary/aromatic N) is 7. The molecule has 3 aromatic rings.